The van der Waals surface area contributed by atoms with E-state index in [9.17, 15) is 28.6 Å². The first-order valence-corrected chi connectivity index (χ1v) is 11.2. The van der Waals surface area contributed by atoms with E-state index >= 15 is 0 Å². The highest BCUT2D eigenvalue weighted by Crippen LogP contribution is 2.41. The van der Waals surface area contributed by atoms with E-state index in [-0.39, 0.29) is 28.8 Å². The highest BCUT2D eigenvalue weighted by molar-refractivity contribution is 5.93. The van der Waals surface area contributed by atoms with Crippen molar-refractivity contribution in [3.63, 3.8) is 0 Å². The molecule has 1 saturated carbocycles. The molecule has 1 heterocycles. The third-order valence-electron chi connectivity index (χ3n) is 6.20. The quantitative estimate of drug-likeness (QED) is 0.444. The lowest BCUT2D eigenvalue weighted by Gasteiger charge is -2.39. The number of aliphatic hydroxyl groups excluding tert-OH is 1. The Kier molecular flexibility index (Phi) is 7.20. The lowest BCUT2D eigenvalue weighted by Crippen LogP contribution is -2.46. The van der Waals surface area contributed by atoms with E-state index in [0.717, 1.165) is 37.5 Å². The number of methoxy groups -OCH3 is 2. The monoisotopic (exact) mass is 505 g/mol. The van der Waals surface area contributed by atoms with Gasteiger partial charge in [0.1, 0.15) is 22.7 Å². The number of tetrazole rings is 1. The van der Waals surface area contributed by atoms with Crippen LogP contribution in [0.4, 0.5) is 14.5 Å². The summed E-state index contributed by atoms with van der Waals surface area (Å²) in [6.45, 7) is 0. The van der Waals surface area contributed by atoms with Gasteiger partial charge in [-0.3, -0.25) is 0 Å². The summed E-state index contributed by atoms with van der Waals surface area (Å²) in [5.74, 6) is -3.12. The fraction of sp³-hybridized carbons (Fsp3) is 0.391. The predicted molar refractivity (Wildman–Crippen MR) is 123 cm³/mol. The van der Waals surface area contributed by atoms with Gasteiger partial charge in [0.2, 0.25) is 6.35 Å². The van der Waals surface area contributed by atoms with Crippen LogP contribution in [0.2, 0.25) is 0 Å². The zero-order valence-electron chi connectivity index (χ0n) is 19.6. The maximum Gasteiger partial charge on any atom is 0.372 e. The molecule has 3 aromatic rings. The van der Waals surface area contributed by atoms with E-state index in [1.807, 2.05) is 0 Å². The predicted octanol–water partition coefficient (Wildman–Crippen LogP) is 2.71. The summed E-state index contributed by atoms with van der Waals surface area (Å²) in [6.07, 6.45) is 2.09. The van der Waals surface area contributed by atoms with E-state index in [1.165, 1.54) is 31.3 Å². The molecular weight excluding hydrogens is 480 g/mol. The number of rotatable bonds is 8. The number of para-hydroxylation sites is 1. The number of carbonyl (C=O) groups is 1. The van der Waals surface area contributed by atoms with Crippen molar-refractivity contribution in [1.29, 1.82) is 0 Å². The minimum Gasteiger partial charge on any atom is -0.496 e. The van der Waals surface area contributed by atoms with Crippen molar-refractivity contribution in [3.05, 3.63) is 58.0 Å². The van der Waals surface area contributed by atoms with Gasteiger partial charge in [-0.15, -0.1) is 4.68 Å². The summed E-state index contributed by atoms with van der Waals surface area (Å²) >= 11 is 0. The largest absolute Gasteiger partial charge is 0.496 e. The number of anilines is 1. The number of aliphatic hydroxyl groups is 1. The molecule has 11 nitrogen and oxygen atoms in total. The summed E-state index contributed by atoms with van der Waals surface area (Å²) < 4.78 is 40.2. The minimum atomic E-state index is -1.80. The number of halogens is 2. The van der Waals surface area contributed by atoms with Gasteiger partial charge in [-0.05, 0) is 41.5 Å². The van der Waals surface area contributed by atoms with Crippen molar-refractivity contribution in [2.24, 2.45) is 0 Å². The molecule has 1 aliphatic carbocycles. The topological polar surface area (TPSA) is 132 Å². The minimum absolute atomic E-state index is 0.0410. The van der Waals surface area contributed by atoms with Gasteiger partial charge >= 0.3 is 11.7 Å². The zero-order chi connectivity index (χ0) is 26.0. The van der Waals surface area contributed by atoms with Gasteiger partial charge in [0.25, 0.3) is 0 Å². The van der Waals surface area contributed by atoms with Crippen LogP contribution in [0.3, 0.4) is 0 Å². The molecule has 192 valence electrons. The summed E-state index contributed by atoms with van der Waals surface area (Å²) in [6, 6.07) is 5.38. The Hall–Kier alpha value is -4.00. The maximum atomic E-state index is 14.3. The first-order chi connectivity index (χ1) is 17.3. The molecule has 13 heteroatoms. The molecule has 1 atom stereocenters. The van der Waals surface area contributed by atoms with Crippen LogP contribution in [-0.2, 0) is 0 Å². The van der Waals surface area contributed by atoms with Crippen molar-refractivity contribution in [2.75, 3.05) is 19.1 Å². The highest BCUT2D eigenvalue weighted by Gasteiger charge is 2.34. The van der Waals surface area contributed by atoms with Crippen molar-refractivity contribution in [2.45, 2.75) is 44.5 Å². The molecule has 0 amide bonds. The van der Waals surface area contributed by atoms with Gasteiger partial charge in [0.15, 0.2) is 11.6 Å². The van der Waals surface area contributed by atoms with Crippen LogP contribution >= 0.6 is 0 Å². The van der Waals surface area contributed by atoms with E-state index in [1.54, 1.807) is 0 Å². The van der Waals surface area contributed by atoms with Gasteiger partial charge in [0.05, 0.1) is 19.9 Å². The number of aromatic carboxylic acids is 1. The summed E-state index contributed by atoms with van der Waals surface area (Å²) in [5.41, 5.74) is -1.85. The van der Waals surface area contributed by atoms with Gasteiger partial charge in [-0.2, -0.15) is 4.68 Å². The smallest absolute Gasteiger partial charge is 0.372 e. The third-order valence-corrected chi connectivity index (χ3v) is 6.20. The molecular formula is C23H25F2N5O6. The molecule has 0 spiro atoms. The lowest BCUT2D eigenvalue weighted by molar-refractivity contribution is 0.0655. The number of ether oxygens (including phenoxy) is 2. The van der Waals surface area contributed by atoms with Crippen LogP contribution in [0.1, 0.15) is 48.8 Å². The molecule has 0 radical (unpaired) electrons. The van der Waals surface area contributed by atoms with Crippen LogP contribution < -0.4 is 20.1 Å². The average molecular weight is 505 g/mol. The molecule has 1 unspecified atom stereocenters. The van der Waals surface area contributed by atoms with Crippen LogP contribution in [0.25, 0.3) is 5.69 Å². The van der Waals surface area contributed by atoms with Crippen molar-refractivity contribution < 1.29 is 33.3 Å². The molecule has 1 aliphatic rings. The summed E-state index contributed by atoms with van der Waals surface area (Å²) in [4.78, 5) is 26.4. The standard InChI is InChI=1S/C23H25F2N5O6/c1-35-18-12-19(36-2)17(11-14(18)21(31)32)28(13-7-4-3-5-8-13)22(33)30-23(34)29(26-27-30)20-15(24)9-6-10-16(20)25/h6,9-13,22,33H,3-5,7-8H2,1-2H3,(H,31,32). The number of carboxylic acid groups (broad SMARTS) is 1. The van der Waals surface area contributed by atoms with Crippen molar-refractivity contribution in [3.8, 4) is 17.2 Å². The number of aromatic nitrogens is 4. The number of carboxylic acids is 1. The Labute approximate surface area is 204 Å². The molecule has 1 aromatic heterocycles. The van der Waals surface area contributed by atoms with Gasteiger partial charge < -0.3 is 24.6 Å². The van der Waals surface area contributed by atoms with Crippen LogP contribution in [0.15, 0.2) is 35.1 Å². The first kappa shape index (κ1) is 25.1. The number of hydrogen-bond acceptors (Lipinski definition) is 8. The molecule has 0 saturated heterocycles. The normalized spacial score (nSPS) is 14.9. The van der Waals surface area contributed by atoms with Gasteiger partial charge in [-0.1, -0.05) is 25.3 Å². The number of benzene rings is 2. The molecule has 4 rings (SSSR count). The lowest BCUT2D eigenvalue weighted by atomic mass is 9.93. The third kappa shape index (κ3) is 4.49. The Bertz CT molecular complexity index is 1300. The molecule has 0 aliphatic heterocycles. The van der Waals surface area contributed by atoms with E-state index in [0.29, 0.717) is 22.2 Å². The Morgan fingerprint density at radius 3 is 2.31 bits per heavy atom. The Morgan fingerprint density at radius 1 is 1.08 bits per heavy atom. The molecule has 2 N–H and O–H groups in total. The molecule has 0 bridgehead atoms. The second-order valence-corrected chi connectivity index (χ2v) is 8.26. The SMILES string of the molecule is COc1cc(OC)c(N(C2CCCCC2)C(O)n2nnn(-c3c(F)cccc3F)c2=O)cc1C(=O)O. The Morgan fingerprint density at radius 2 is 1.72 bits per heavy atom. The number of nitrogens with zero attached hydrogens (tertiary/aromatic N) is 5. The van der Waals surface area contributed by atoms with Gasteiger partial charge in [0, 0.05) is 12.1 Å². The van der Waals surface area contributed by atoms with Crippen LogP contribution in [0, 0.1) is 11.6 Å². The second-order valence-electron chi connectivity index (χ2n) is 8.26. The van der Waals surface area contributed by atoms with E-state index in [2.05, 4.69) is 10.4 Å². The number of hydrogen-bond donors (Lipinski definition) is 2. The molecule has 36 heavy (non-hydrogen) atoms. The van der Waals surface area contributed by atoms with Crippen molar-refractivity contribution >= 4 is 11.7 Å². The van der Waals surface area contributed by atoms with E-state index < -0.39 is 35.3 Å². The average Bonchev–Trinajstić information content (AvgIpc) is 3.25. The zero-order valence-corrected chi connectivity index (χ0v) is 19.6. The van der Waals surface area contributed by atoms with E-state index in [4.69, 9.17) is 9.47 Å². The fourth-order valence-electron chi connectivity index (χ4n) is 4.47. The Balaban J connectivity index is 1.86. The highest BCUT2D eigenvalue weighted by atomic mass is 19.1. The summed E-state index contributed by atoms with van der Waals surface area (Å²) in [5, 5.41) is 28.3. The van der Waals surface area contributed by atoms with Crippen LogP contribution in [-0.4, -0.2) is 56.2 Å². The first-order valence-electron chi connectivity index (χ1n) is 11.2. The van der Waals surface area contributed by atoms with Crippen LogP contribution in [0.5, 0.6) is 11.5 Å². The van der Waals surface area contributed by atoms with Gasteiger partial charge in [-0.25, -0.2) is 18.4 Å². The second kappa shape index (κ2) is 10.3. The summed E-state index contributed by atoms with van der Waals surface area (Å²) in [7, 11) is 2.68. The van der Waals surface area contributed by atoms with Crippen molar-refractivity contribution in [1.82, 2.24) is 19.8 Å². The molecule has 2 aromatic carbocycles. The molecule has 1 fully saturated rings. The maximum absolute atomic E-state index is 14.3. The fourth-order valence-corrected chi connectivity index (χ4v) is 4.47.